The van der Waals surface area contributed by atoms with E-state index in [0.717, 1.165) is 11.8 Å². The van der Waals surface area contributed by atoms with Crippen molar-refractivity contribution in [1.29, 1.82) is 0 Å². The Morgan fingerprint density at radius 1 is 1.30 bits per heavy atom. The molecule has 0 spiro atoms. The summed E-state index contributed by atoms with van der Waals surface area (Å²) in [5, 5.41) is 0.551. The van der Waals surface area contributed by atoms with E-state index in [1.165, 1.54) is 37.8 Å². The van der Waals surface area contributed by atoms with Gasteiger partial charge in [0.1, 0.15) is 0 Å². The monoisotopic (exact) mass is 313 g/mol. The molecule has 3 rings (SSSR count). The minimum atomic E-state index is -0.377. The summed E-state index contributed by atoms with van der Waals surface area (Å²) in [6.07, 6.45) is 5.13. The van der Waals surface area contributed by atoms with Crippen molar-refractivity contribution in [3.63, 3.8) is 0 Å². The van der Waals surface area contributed by atoms with Gasteiger partial charge in [-0.25, -0.2) is 4.79 Å². The molecule has 2 N–H and O–H groups in total. The Bertz CT molecular complexity index is 524. The van der Waals surface area contributed by atoms with Gasteiger partial charge in [-0.05, 0) is 49.1 Å². The molecule has 5 heteroatoms. The second kappa shape index (κ2) is 5.45. The number of nitrogen functional groups attached to an aromatic ring is 1. The zero-order valence-corrected chi connectivity index (χ0v) is 12.6. The Labute approximate surface area is 128 Å². The van der Waals surface area contributed by atoms with E-state index in [2.05, 4.69) is 0 Å². The third-order valence-electron chi connectivity index (χ3n) is 4.61. The second-order valence-corrected chi connectivity index (χ2v) is 6.68. The first-order valence-electron chi connectivity index (χ1n) is 6.96. The van der Waals surface area contributed by atoms with Crippen LogP contribution in [0.4, 0.5) is 5.69 Å². The normalized spacial score (nSPS) is 27.8. The van der Waals surface area contributed by atoms with Crippen molar-refractivity contribution in [2.45, 2.75) is 25.7 Å². The molecular formula is C15H17Cl2NO2. The average Bonchev–Trinajstić information content (AvgIpc) is 3.04. The lowest BCUT2D eigenvalue weighted by atomic mass is 9.89. The first kappa shape index (κ1) is 14.0. The lowest BCUT2D eigenvalue weighted by Crippen LogP contribution is -2.19. The van der Waals surface area contributed by atoms with Gasteiger partial charge in [-0.3, -0.25) is 0 Å². The molecule has 0 saturated heterocycles. The number of esters is 1. The number of nitrogens with two attached hydrogens (primary N) is 1. The molecule has 1 aromatic rings. The number of hydrogen-bond donors (Lipinski definition) is 1. The predicted octanol–water partition coefficient (Wildman–Crippen LogP) is 4.17. The van der Waals surface area contributed by atoms with Gasteiger partial charge in [-0.15, -0.1) is 0 Å². The summed E-state index contributed by atoms with van der Waals surface area (Å²) in [4.78, 5) is 12.0. The molecule has 3 nitrogen and oxygen atoms in total. The molecule has 2 saturated carbocycles. The number of carbonyl (C=O) groups is 1. The molecule has 2 fully saturated rings. The number of carbonyl (C=O) groups excluding carboxylic acids is 1. The highest BCUT2D eigenvalue weighted by Crippen LogP contribution is 2.48. The standard InChI is InChI=1S/C15H17Cl2NO2/c16-12-5-10(6-13(18)14(12)17)15(19)20-7-11-4-8-1-2-9(11)3-8/h5-6,8-9,11H,1-4,7,18H2. The summed E-state index contributed by atoms with van der Waals surface area (Å²) in [5.41, 5.74) is 6.36. The van der Waals surface area contributed by atoms with E-state index in [1.807, 2.05) is 0 Å². The van der Waals surface area contributed by atoms with Crippen LogP contribution in [-0.2, 0) is 4.74 Å². The summed E-state index contributed by atoms with van der Waals surface area (Å²) in [6, 6.07) is 3.01. The van der Waals surface area contributed by atoms with E-state index in [0.29, 0.717) is 23.8 Å². The quantitative estimate of drug-likeness (QED) is 0.673. The van der Waals surface area contributed by atoms with Gasteiger partial charge in [0.05, 0.1) is 27.9 Å². The van der Waals surface area contributed by atoms with Crippen molar-refractivity contribution >= 4 is 34.9 Å². The number of fused-ring (bicyclic) bond motifs is 2. The molecule has 2 aliphatic carbocycles. The van der Waals surface area contributed by atoms with Crippen molar-refractivity contribution in [3.05, 3.63) is 27.7 Å². The zero-order valence-electron chi connectivity index (χ0n) is 11.1. The molecule has 2 bridgehead atoms. The van der Waals surface area contributed by atoms with Gasteiger partial charge in [0.2, 0.25) is 0 Å². The first-order chi connectivity index (χ1) is 9.54. The maximum absolute atomic E-state index is 12.0. The lowest BCUT2D eigenvalue weighted by molar-refractivity contribution is 0.0394. The zero-order chi connectivity index (χ0) is 14.3. The fourth-order valence-electron chi connectivity index (χ4n) is 3.57. The molecule has 0 radical (unpaired) electrons. The van der Waals surface area contributed by atoms with Crippen LogP contribution < -0.4 is 5.73 Å². The number of rotatable bonds is 3. The number of anilines is 1. The molecule has 0 amide bonds. The molecule has 3 atom stereocenters. The highest BCUT2D eigenvalue weighted by molar-refractivity contribution is 6.43. The van der Waals surface area contributed by atoms with Gasteiger partial charge in [-0.2, -0.15) is 0 Å². The Morgan fingerprint density at radius 3 is 2.70 bits per heavy atom. The Kier molecular flexibility index (Phi) is 3.83. The smallest absolute Gasteiger partial charge is 0.338 e. The molecule has 1 aromatic carbocycles. The average molecular weight is 314 g/mol. The predicted molar refractivity (Wildman–Crippen MR) is 80.1 cm³/mol. The third-order valence-corrected chi connectivity index (χ3v) is 5.42. The van der Waals surface area contributed by atoms with E-state index < -0.39 is 0 Å². The van der Waals surface area contributed by atoms with Crippen LogP contribution >= 0.6 is 23.2 Å². The van der Waals surface area contributed by atoms with E-state index in [4.69, 9.17) is 33.7 Å². The molecule has 108 valence electrons. The Hall–Kier alpha value is -0.930. The summed E-state index contributed by atoms with van der Waals surface area (Å²) in [5.74, 6) is 1.74. The summed E-state index contributed by atoms with van der Waals surface area (Å²) in [6.45, 7) is 0.500. The summed E-state index contributed by atoms with van der Waals surface area (Å²) >= 11 is 11.8. The molecule has 0 heterocycles. The van der Waals surface area contributed by atoms with Crippen LogP contribution in [0.1, 0.15) is 36.0 Å². The number of ether oxygens (including phenoxy) is 1. The van der Waals surface area contributed by atoms with Gasteiger partial charge in [0, 0.05) is 0 Å². The fraction of sp³-hybridized carbons (Fsp3) is 0.533. The molecular weight excluding hydrogens is 297 g/mol. The van der Waals surface area contributed by atoms with Gasteiger partial charge in [-0.1, -0.05) is 29.6 Å². The van der Waals surface area contributed by atoms with Crippen LogP contribution in [0.5, 0.6) is 0 Å². The van der Waals surface area contributed by atoms with E-state index in [9.17, 15) is 4.79 Å². The number of hydrogen-bond acceptors (Lipinski definition) is 3. The van der Waals surface area contributed by atoms with E-state index >= 15 is 0 Å². The van der Waals surface area contributed by atoms with Crippen LogP contribution in [0.2, 0.25) is 10.0 Å². The Morgan fingerprint density at radius 2 is 2.10 bits per heavy atom. The molecule has 2 aliphatic rings. The maximum atomic E-state index is 12.0. The summed E-state index contributed by atoms with van der Waals surface area (Å²) in [7, 11) is 0. The van der Waals surface area contributed by atoms with Crippen LogP contribution in [0.15, 0.2) is 12.1 Å². The highest BCUT2D eigenvalue weighted by atomic mass is 35.5. The van der Waals surface area contributed by atoms with Gasteiger partial charge >= 0.3 is 5.97 Å². The molecule has 20 heavy (non-hydrogen) atoms. The highest BCUT2D eigenvalue weighted by Gasteiger charge is 2.39. The van der Waals surface area contributed by atoms with Crippen molar-refractivity contribution in [2.24, 2.45) is 17.8 Å². The van der Waals surface area contributed by atoms with Crippen molar-refractivity contribution in [1.82, 2.24) is 0 Å². The van der Waals surface area contributed by atoms with Crippen LogP contribution in [0.3, 0.4) is 0 Å². The fourth-order valence-corrected chi connectivity index (χ4v) is 3.91. The molecule has 0 aromatic heterocycles. The second-order valence-electron chi connectivity index (χ2n) is 5.89. The van der Waals surface area contributed by atoms with Crippen LogP contribution in [0.25, 0.3) is 0 Å². The topological polar surface area (TPSA) is 52.3 Å². The summed E-state index contributed by atoms with van der Waals surface area (Å²) < 4.78 is 5.42. The lowest BCUT2D eigenvalue weighted by Gasteiger charge is -2.21. The van der Waals surface area contributed by atoms with Crippen LogP contribution in [-0.4, -0.2) is 12.6 Å². The van der Waals surface area contributed by atoms with Crippen LogP contribution in [0, 0.1) is 17.8 Å². The first-order valence-corrected chi connectivity index (χ1v) is 7.72. The van der Waals surface area contributed by atoms with Gasteiger partial charge in [0.25, 0.3) is 0 Å². The largest absolute Gasteiger partial charge is 0.462 e. The van der Waals surface area contributed by atoms with Crippen molar-refractivity contribution in [2.75, 3.05) is 12.3 Å². The molecule has 3 unspecified atom stereocenters. The minimum Gasteiger partial charge on any atom is -0.462 e. The van der Waals surface area contributed by atoms with E-state index in [-0.39, 0.29) is 16.0 Å². The third kappa shape index (κ3) is 2.61. The van der Waals surface area contributed by atoms with Gasteiger partial charge < -0.3 is 10.5 Å². The Balaban J connectivity index is 1.62. The minimum absolute atomic E-state index is 0.274. The van der Waals surface area contributed by atoms with Gasteiger partial charge in [0.15, 0.2) is 0 Å². The SMILES string of the molecule is Nc1cc(C(=O)OCC2CC3CCC2C3)cc(Cl)c1Cl. The number of benzene rings is 1. The maximum Gasteiger partial charge on any atom is 0.338 e. The molecule has 0 aliphatic heterocycles. The number of halogens is 2. The van der Waals surface area contributed by atoms with Crippen molar-refractivity contribution in [3.8, 4) is 0 Å². The van der Waals surface area contributed by atoms with E-state index in [1.54, 1.807) is 0 Å². The van der Waals surface area contributed by atoms with Crippen molar-refractivity contribution < 1.29 is 9.53 Å².